The van der Waals surface area contributed by atoms with Crippen LogP contribution >= 0.6 is 35.0 Å². The van der Waals surface area contributed by atoms with Crippen molar-refractivity contribution in [3.8, 4) is 5.75 Å². The summed E-state index contributed by atoms with van der Waals surface area (Å²) in [6.07, 6.45) is 3.09. The molecule has 4 nitrogen and oxygen atoms in total. The summed E-state index contributed by atoms with van der Waals surface area (Å²) in [6.45, 7) is 0.591. The number of benzene rings is 1. The first-order valence-electron chi connectivity index (χ1n) is 6.50. The van der Waals surface area contributed by atoms with Gasteiger partial charge < -0.3 is 15.8 Å². The van der Waals surface area contributed by atoms with Gasteiger partial charge in [-0.3, -0.25) is 4.79 Å². The molecule has 2 atom stereocenters. The van der Waals surface area contributed by atoms with Gasteiger partial charge in [0.1, 0.15) is 5.75 Å². The molecule has 0 saturated heterocycles. The van der Waals surface area contributed by atoms with Gasteiger partial charge in [-0.1, -0.05) is 6.42 Å². The van der Waals surface area contributed by atoms with E-state index in [0.717, 1.165) is 34.3 Å². The molecule has 0 heterocycles. The highest BCUT2D eigenvalue weighted by molar-refractivity contribution is 14.1. The highest BCUT2D eigenvalue weighted by Gasteiger charge is 2.32. The lowest BCUT2D eigenvalue weighted by molar-refractivity contribution is -0.120. The fourth-order valence-corrected chi connectivity index (χ4v) is 3.09. The van der Waals surface area contributed by atoms with Crippen molar-refractivity contribution in [3.05, 3.63) is 21.8 Å². The average Bonchev–Trinajstić information content (AvgIpc) is 2.89. The minimum absolute atomic E-state index is 0. The second kappa shape index (κ2) is 8.05. The van der Waals surface area contributed by atoms with Crippen LogP contribution in [0.4, 0.5) is 5.69 Å². The molecule has 1 saturated carbocycles. The molecular formula is C14H20ClIN2O2. The number of nitrogens with one attached hydrogen (secondary N) is 1. The Kier molecular flexibility index (Phi) is 7.05. The Hall–Kier alpha value is -0.530. The highest BCUT2D eigenvalue weighted by Crippen LogP contribution is 2.32. The maximum Gasteiger partial charge on any atom is 0.227 e. The molecule has 0 aromatic heterocycles. The number of rotatable bonds is 4. The van der Waals surface area contributed by atoms with Crippen molar-refractivity contribution in [1.29, 1.82) is 0 Å². The van der Waals surface area contributed by atoms with Gasteiger partial charge in [0.15, 0.2) is 0 Å². The van der Waals surface area contributed by atoms with Crippen LogP contribution in [0.2, 0.25) is 0 Å². The van der Waals surface area contributed by atoms with E-state index in [1.54, 1.807) is 7.11 Å². The summed E-state index contributed by atoms with van der Waals surface area (Å²) in [5.41, 5.74) is 6.54. The fraction of sp³-hybridized carbons (Fsp3) is 0.500. The zero-order valence-electron chi connectivity index (χ0n) is 11.4. The van der Waals surface area contributed by atoms with E-state index in [1.165, 1.54) is 0 Å². The molecule has 1 aromatic carbocycles. The predicted octanol–water partition coefficient (Wildman–Crippen LogP) is 3.04. The number of nitrogens with two attached hydrogens (primary N) is 1. The van der Waals surface area contributed by atoms with E-state index in [-0.39, 0.29) is 24.2 Å². The average molecular weight is 411 g/mol. The molecule has 0 radical (unpaired) electrons. The number of amides is 1. The van der Waals surface area contributed by atoms with E-state index in [9.17, 15) is 4.79 Å². The first kappa shape index (κ1) is 17.5. The Morgan fingerprint density at radius 2 is 2.25 bits per heavy atom. The van der Waals surface area contributed by atoms with E-state index in [2.05, 4.69) is 27.9 Å². The molecular weight excluding hydrogens is 391 g/mol. The second-order valence-corrected chi connectivity index (χ2v) is 6.03. The van der Waals surface area contributed by atoms with Crippen molar-refractivity contribution in [1.82, 2.24) is 0 Å². The van der Waals surface area contributed by atoms with Gasteiger partial charge >= 0.3 is 0 Å². The monoisotopic (exact) mass is 410 g/mol. The SMILES string of the molecule is COc1ccc(I)c(NC(=O)[C@@H]2CCC[C@@H]2CN)c1.Cl. The maximum atomic E-state index is 12.3. The minimum atomic E-state index is 0. The lowest BCUT2D eigenvalue weighted by atomic mass is 9.95. The molecule has 1 aromatic rings. The molecule has 1 aliphatic rings. The molecule has 1 aliphatic carbocycles. The van der Waals surface area contributed by atoms with Crippen LogP contribution < -0.4 is 15.8 Å². The van der Waals surface area contributed by atoms with Gasteiger partial charge in [0, 0.05) is 15.6 Å². The largest absolute Gasteiger partial charge is 0.497 e. The molecule has 20 heavy (non-hydrogen) atoms. The first-order valence-corrected chi connectivity index (χ1v) is 7.58. The zero-order valence-corrected chi connectivity index (χ0v) is 14.4. The third-order valence-corrected chi connectivity index (χ3v) is 4.67. The van der Waals surface area contributed by atoms with Crippen molar-refractivity contribution in [2.24, 2.45) is 17.6 Å². The first-order chi connectivity index (χ1) is 9.15. The molecule has 112 valence electrons. The van der Waals surface area contributed by atoms with Gasteiger partial charge in [0.2, 0.25) is 5.91 Å². The van der Waals surface area contributed by atoms with Crippen LogP contribution in [0.5, 0.6) is 5.75 Å². The smallest absolute Gasteiger partial charge is 0.227 e. The molecule has 0 aliphatic heterocycles. The number of hydrogen-bond acceptors (Lipinski definition) is 3. The number of methoxy groups -OCH3 is 1. The molecule has 1 amide bonds. The lowest BCUT2D eigenvalue weighted by Gasteiger charge is -2.18. The number of anilines is 1. The summed E-state index contributed by atoms with van der Waals surface area (Å²) in [5, 5.41) is 3.01. The van der Waals surface area contributed by atoms with E-state index in [4.69, 9.17) is 10.5 Å². The topological polar surface area (TPSA) is 64.3 Å². The fourth-order valence-electron chi connectivity index (χ4n) is 2.62. The highest BCUT2D eigenvalue weighted by atomic mass is 127. The van der Waals surface area contributed by atoms with Crippen molar-refractivity contribution >= 4 is 46.6 Å². The number of halogens is 2. The Morgan fingerprint density at radius 1 is 1.50 bits per heavy atom. The Morgan fingerprint density at radius 3 is 2.90 bits per heavy atom. The van der Waals surface area contributed by atoms with E-state index >= 15 is 0 Å². The summed E-state index contributed by atoms with van der Waals surface area (Å²) in [6, 6.07) is 5.67. The summed E-state index contributed by atoms with van der Waals surface area (Å²) in [7, 11) is 1.62. The molecule has 0 spiro atoms. The van der Waals surface area contributed by atoms with Crippen LogP contribution in [0.1, 0.15) is 19.3 Å². The van der Waals surface area contributed by atoms with Crippen LogP contribution in [-0.4, -0.2) is 19.6 Å². The Bertz CT molecular complexity index is 470. The predicted molar refractivity (Wildman–Crippen MR) is 91.5 cm³/mol. The van der Waals surface area contributed by atoms with Gasteiger partial charge in [-0.05, 0) is 60.0 Å². The minimum Gasteiger partial charge on any atom is -0.497 e. The number of ether oxygens (including phenoxy) is 1. The molecule has 0 unspecified atom stereocenters. The van der Waals surface area contributed by atoms with E-state index < -0.39 is 0 Å². The summed E-state index contributed by atoms with van der Waals surface area (Å²) in [5.74, 6) is 1.20. The summed E-state index contributed by atoms with van der Waals surface area (Å²) < 4.78 is 6.19. The van der Waals surface area contributed by atoms with Crippen molar-refractivity contribution in [3.63, 3.8) is 0 Å². The van der Waals surface area contributed by atoms with Crippen LogP contribution in [0.15, 0.2) is 18.2 Å². The molecule has 2 rings (SSSR count). The van der Waals surface area contributed by atoms with Gasteiger partial charge in [0.25, 0.3) is 0 Å². The van der Waals surface area contributed by atoms with Gasteiger partial charge in [0.05, 0.1) is 12.8 Å². The van der Waals surface area contributed by atoms with Gasteiger partial charge in [-0.2, -0.15) is 0 Å². The van der Waals surface area contributed by atoms with Gasteiger partial charge in [-0.25, -0.2) is 0 Å². The molecule has 0 bridgehead atoms. The van der Waals surface area contributed by atoms with Crippen molar-refractivity contribution < 1.29 is 9.53 Å². The molecule has 1 fully saturated rings. The zero-order chi connectivity index (χ0) is 13.8. The van der Waals surface area contributed by atoms with Crippen LogP contribution in [0.25, 0.3) is 0 Å². The van der Waals surface area contributed by atoms with E-state index in [1.807, 2.05) is 18.2 Å². The van der Waals surface area contributed by atoms with Crippen LogP contribution in [0, 0.1) is 15.4 Å². The molecule has 6 heteroatoms. The van der Waals surface area contributed by atoms with Gasteiger partial charge in [-0.15, -0.1) is 12.4 Å². The van der Waals surface area contributed by atoms with Crippen LogP contribution in [0.3, 0.4) is 0 Å². The van der Waals surface area contributed by atoms with Crippen molar-refractivity contribution in [2.45, 2.75) is 19.3 Å². The number of carbonyl (C=O) groups is 1. The number of carbonyl (C=O) groups excluding carboxylic acids is 1. The van der Waals surface area contributed by atoms with E-state index in [0.29, 0.717) is 12.5 Å². The summed E-state index contributed by atoms with van der Waals surface area (Å²) >= 11 is 2.21. The third-order valence-electron chi connectivity index (χ3n) is 3.73. The van der Waals surface area contributed by atoms with Crippen molar-refractivity contribution in [2.75, 3.05) is 19.0 Å². The third kappa shape index (κ3) is 3.99. The maximum absolute atomic E-state index is 12.3. The summed E-state index contributed by atoms with van der Waals surface area (Å²) in [4.78, 5) is 12.3. The molecule has 3 N–H and O–H groups in total. The van der Waals surface area contributed by atoms with Crippen LogP contribution in [-0.2, 0) is 4.79 Å². The normalized spacial score (nSPS) is 21.1. The second-order valence-electron chi connectivity index (χ2n) is 4.87. The lowest BCUT2D eigenvalue weighted by Crippen LogP contribution is -2.30. The Labute approximate surface area is 139 Å². The number of hydrogen-bond donors (Lipinski definition) is 2. The Balaban J connectivity index is 0.00000200. The quantitative estimate of drug-likeness (QED) is 0.750. The standard InChI is InChI=1S/C14H19IN2O2.ClH/c1-19-10-5-6-12(15)13(7-10)17-14(18)11-4-2-3-9(11)8-16;/h5-7,9,11H,2-4,8,16H2,1H3,(H,17,18);1H/t9-,11-;/m1./s1.